The summed E-state index contributed by atoms with van der Waals surface area (Å²) in [5.74, 6) is 1.86. The molecular formula is C10H9BrClN5. The van der Waals surface area contributed by atoms with Gasteiger partial charge in [0.25, 0.3) is 0 Å². The molecule has 2 aromatic heterocycles. The Bertz CT molecular complexity index is 555. The number of halogens is 2. The van der Waals surface area contributed by atoms with Crippen molar-refractivity contribution in [2.75, 3.05) is 11.4 Å². The first-order valence-corrected chi connectivity index (χ1v) is 6.34. The van der Waals surface area contributed by atoms with Crippen molar-refractivity contribution in [2.24, 2.45) is 0 Å². The fourth-order valence-electron chi connectivity index (χ4n) is 1.91. The summed E-state index contributed by atoms with van der Waals surface area (Å²) in [4.78, 5) is 14.6. The third kappa shape index (κ3) is 2.02. The highest BCUT2D eigenvalue weighted by Gasteiger charge is 2.20. The lowest BCUT2D eigenvalue weighted by Crippen LogP contribution is -2.34. The van der Waals surface area contributed by atoms with E-state index in [4.69, 9.17) is 11.6 Å². The summed E-state index contributed by atoms with van der Waals surface area (Å²) in [5, 5.41) is 0.261. The summed E-state index contributed by atoms with van der Waals surface area (Å²) in [6, 6.07) is 0. The number of hydrogen-bond acceptors (Lipinski definition) is 4. The van der Waals surface area contributed by atoms with E-state index in [0.717, 1.165) is 35.7 Å². The van der Waals surface area contributed by atoms with E-state index in [1.165, 1.54) is 0 Å². The van der Waals surface area contributed by atoms with Crippen molar-refractivity contribution >= 4 is 33.3 Å². The highest BCUT2D eigenvalue weighted by molar-refractivity contribution is 9.10. The molecule has 0 radical (unpaired) electrons. The number of fused-ring (bicyclic) bond motifs is 1. The Kier molecular flexibility index (Phi) is 2.76. The molecule has 0 aliphatic carbocycles. The van der Waals surface area contributed by atoms with Crippen LogP contribution in [0.1, 0.15) is 5.82 Å². The molecule has 3 heterocycles. The molecule has 0 unspecified atom stereocenters. The molecule has 3 rings (SSSR count). The number of anilines is 1. The largest absolute Gasteiger partial charge is 0.346 e. The second kappa shape index (κ2) is 4.27. The van der Waals surface area contributed by atoms with Crippen LogP contribution < -0.4 is 4.90 Å². The van der Waals surface area contributed by atoms with Crippen LogP contribution in [0.3, 0.4) is 0 Å². The van der Waals surface area contributed by atoms with Gasteiger partial charge in [0, 0.05) is 31.7 Å². The van der Waals surface area contributed by atoms with Crippen molar-refractivity contribution < 1.29 is 0 Å². The number of aromatic nitrogens is 4. The average Bonchev–Trinajstić information content (AvgIpc) is 2.79. The van der Waals surface area contributed by atoms with E-state index in [1.54, 1.807) is 6.20 Å². The average molecular weight is 315 g/mol. The third-order valence-corrected chi connectivity index (χ3v) is 3.48. The number of rotatable bonds is 1. The van der Waals surface area contributed by atoms with E-state index in [2.05, 4.69) is 40.3 Å². The standard InChI is InChI=1S/C10H9BrClN5/c11-7-5-14-10(12)15-9(7)17-4-3-16-2-1-13-8(16)6-17/h1-2,5H,3-4,6H2. The maximum absolute atomic E-state index is 5.82. The minimum atomic E-state index is 0.261. The summed E-state index contributed by atoms with van der Waals surface area (Å²) in [6.07, 6.45) is 5.49. The van der Waals surface area contributed by atoms with Crippen molar-refractivity contribution in [3.8, 4) is 0 Å². The molecule has 0 bridgehead atoms. The molecule has 0 atom stereocenters. The molecule has 0 saturated heterocycles. The maximum atomic E-state index is 5.82. The molecule has 0 aromatic carbocycles. The van der Waals surface area contributed by atoms with E-state index >= 15 is 0 Å². The lowest BCUT2D eigenvalue weighted by Gasteiger charge is -2.29. The Morgan fingerprint density at radius 1 is 1.29 bits per heavy atom. The molecule has 1 aliphatic heterocycles. The summed E-state index contributed by atoms with van der Waals surface area (Å²) < 4.78 is 3.00. The molecule has 2 aromatic rings. The van der Waals surface area contributed by atoms with Gasteiger partial charge in [0.2, 0.25) is 5.28 Å². The first-order chi connectivity index (χ1) is 8.24. The van der Waals surface area contributed by atoms with Crippen molar-refractivity contribution in [1.29, 1.82) is 0 Å². The zero-order chi connectivity index (χ0) is 11.8. The molecule has 1 aliphatic rings. The van der Waals surface area contributed by atoms with Crippen LogP contribution in [0.4, 0.5) is 5.82 Å². The lowest BCUT2D eigenvalue weighted by atomic mass is 10.3. The molecule has 17 heavy (non-hydrogen) atoms. The summed E-state index contributed by atoms with van der Waals surface area (Å²) in [7, 11) is 0. The summed E-state index contributed by atoms with van der Waals surface area (Å²) in [6.45, 7) is 2.53. The molecule has 0 spiro atoms. The number of hydrogen-bond donors (Lipinski definition) is 0. The Balaban J connectivity index is 1.94. The molecule has 88 valence electrons. The Morgan fingerprint density at radius 3 is 3.06 bits per heavy atom. The Hall–Kier alpha value is -1.14. The second-order valence-electron chi connectivity index (χ2n) is 3.77. The van der Waals surface area contributed by atoms with Gasteiger partial charge in [0.1, 0.15) is 11.6 Å². The predicted molar refractivity (Wildman–Crippen MR) is 68.0 cm³/mol. The van der Waals surface area contributed by atoms with Gasteiger partial charge >= 0.3 is 0 Å². The van der Waals surface area contributed by atoms with Gasteiger partial charge in [-0.3, -0.25) is 0 Å². The fourth-order valence-corrected chi connectivity index (χ4v) is 2.48. The van der Waals surface area contributed by atoms with Gasteiger partial charge in [-0.25, -0.2) is 9.97 Å². The quantitative estimate of drug-likeness (QED) is 0.756. The maximum Gasteiger partial charge on any atom is 0.224 e. The van der Waals surface area contributed by atoms with Crippen LogP contribution in [0.25, 0.3) is 0 Å². The monoisotopic (exact) mass is 313 g/mol. The minimum Gasteiger partial charge on any atom is -0.346 e. The van der Waals surface area contributed by atoms with Crippen LogP contribution in [0, 0.1) is 0 Å². The van der Waals surface area contributed by atoms with E-state index in [-0.39, 0.29) is 5.28 Å². The molecule has 0 saturated carbocycles. The summed E-state index contributed by atoms with van der Waals surface area (Å²) >= 11 is 9.27. The van der Waals surface area contributed by atoms with Gasteiger partial charge < -0.3 is 9.47 Å². The fraction of sp³-hybridized carbons (Fsp3) is 0.300. The van der Waals surface area contributed by atoms with Crippen LogP contribution in [-0.4, -0.2) is 26.1 Å². The van der Waals surface area contributed by atoms with Crippen LogP contribution in [0.15, 0.2) is 23.1 Å². The molecule has 5 nitrogen and oxygen atoms in total. The first kappa shape index (κ1) is 11.0. The van der Waals surface area contributed by atoms with Gasteiger partial charge in [-0.2, -0.15) is 4.98 Å². The highest BCUT2D eigenvalue weighted by atomic mass is 79.9. The van der Waals surface area contributed by atoms with E-state index < -0.39 is 0 Å². The molecule has 0 N–H and O–H groups in total. The number of nitrogens with zero attached hydrogens (tertiary/aromatic N) is 5. The number of imidazole rings is 1. The zero-order valence-electron chi connectivity index (χ0n) is 8.85. The van der Waals surface area contributed by atoms with Crippen LogP contribution >= 0.6 is 27.5 Å². The van der Waals surface area contributed by atoms with Crippen molar-refractivity contribution in [3.63, 3.8) is 0 Å². The van der Waals surface area contributed by atoms with Crippen molar-refractivity contribution in [1.82, 2.24) is 19.5 Å². The van der Waals surface area contributed by atoms with Crippen LogP contribution in [-0.2, 0) is 13.1 Å². The van der Waals surface area contributed by atoms with Crippen molar-refractivity contribution in [3.05, 3.63) is 34.2 Å². The second-order valence-corrected chi connectivity index (χ2v) is 4.96. The normalized spacial score (nSPS) is 14.8. The molecule has 0 fully saturated rings. The molecular weight excluding hydrogens is 306 g/mol. The lowest BCUT2D eigenvalue weighted by molar-refractivity contribution is 0.555. The Morgan fingerprint density at radius 2 is 2.18 bits per heavy atom. The SMILES string of the molecule is Clc1ncc(Br)c(N2CCn3ccnc3C2)n1. The molecule has 0 amide bonds. The van der Waals surface area contributed by atoms with Gasteiger partial charge in [0.15, 0.2) is 0 Å². The Labute approximate surface area is 112 Å². The van der Waals surface area contributed by atoms with E-state index in [1.807, 2.05) is 12.4 Å². The first-order valence-electron chi connectivity index (χ1n) is 5.17. The van der Waals surface area contributed by atoms with E-state index in [9.17, 15) is 0 Å². The van der Waals surface area contributed by atoms with Gasteiger partial charge in [-0.05, 0) is 27.5 Å². The van der Waals surface area contributed by atoms with Gasteiger partial charge in [-0.15, -0.1) is 0 Å². The minimum absolute atomic E-state index is 0.261. The molecule has 7 heteroatoms. The van der Waals surface area contributed by atoms with Crippen LogP contribution in [0.2, 0.25) is 5.28 Å². The smallest absolute Gasteiger partial charge is 0.224 e. The predicted octanol–water partition coefficient (Wildman–Crippen LogP) is 2.11. The van der Waals surface area contributed by atoms with E-state index in [0.29, 0.717) is 0 Å². The van der Waals surface area contributed by atoms with Gasteiger partial charge in [0.05, 0.1) is 11.0 Å². The topological polar surface area (TPSA) is 46.8 Å². The highest BCUT2D eigenvalue weighted by Crippen LogP contribution is 2.26. The summed E-state index contributed by atoms with van der Waals surface area (Å²) in [5.41, 5.74) is 0. The van der Waals surface area contributed by atoms with Crippen molar-refractivity contribution in [2.45, 2.75) is 13.1 Å². The third-order valence-electron chi connectivity index (χ3n) is 2.74. The zero-order valence-corrected chi connectivity index (χ0v) is 11.2. The van der Waals surface area contributed by atoms with Crippen LogP contribution in [0.5, 0.6) is 0 Å². The van der Waals surface area contributed by atoms with Gasteiger partial charge in [-0.1, -0.05) is 0 Å².